The van der Waals surface area contributed by atoms with Gasteiger partial charge in [0.25, 0.3) is 0 Å². The van der Waals surface area contributed by atoms with Gasteiger partial charge in [0.1, 0.15) is 8.28 Å². The van der Waals surface area contributed by atoms with Gasteiger partial charge in [-0.2, -0.15) is 0 Å². The van der Waals surface area contributed by atoms with Crippen molar-refractivity contribution in [2.45, 2.75) is 38.4 Å². The van der Waals surface area contributed by atoms with Crippen LogP contribution in [0.4, 0.5) is 0 Å². The SMILES string of the molecule is CCCCOC(=O)C(C)(C)SC(=S)S. The maximum atomic E-state index is 11.5. The van der Waals surface area contributed by atoms with Gasteiger partial charge >= 0.3 is 5.97 Å². The molecule has 0 atom stereocenters. The van der Waals surface area contributed by atoms with Crippen molar-refractivity contribution < 1.29 is 9.53 Å². The lowest BCUT2D eigenvalue weighted by Gasteiger charge is -2.20. The first-order valence-corrected chi connectivity index (χ1v) is 6.16. The number of hydrogen-bond donors (Lipinski definition) is 1. The van der Waals surface area contributed by atoms with Gasteiger partial charge < -0.3 is 4.74 Å². The number of rotatable bonds is 5. The minimum atomic E-state index is -0.632. The number of thioether (sulfide) groups is 1. The third-order valence-electron chi connectivity index (χ3n) is 1.57. The van der Waals surface area contributed by atoms with E-state index in [2.05, 4.69) is 19.6 Å². The molecule has 0 aliphatic carbocycles. The molecule has 0 saturated carbocycles. The zero-order chi connectivity index (χ0) is 11.2. The summed E-state index contributed by atoms with van der Waals surface area (Å²) in [5.74, 6) is -0.229. The predicted molar refractivity (Wildman–Crippen MR) is 69.1 cm³/mol. The molecule has 82 valence electrons. The first kappa shape index (κ1) is 14.3. The van der Waals surface area contributed by atoms with Gasteiger partial charge in [-0.3, -0.25) is 4.79 Å². The highest BCUT2D eigenvalue weighted by Gasteiger charge is 2.30. The first-order chi connectivity index (χ1) is 6.40. The zero-order valence-corrected chi connectivity index (χ0v) is 11.2. The maximum Gasteiger partial charge on any atom is 0.322 e. The fourth-order valence-corrected chi connectivity index (χ4v) is 2.63. The van der Waals surface area contributed by atoms with Gasteiger partial charge in [0, 0.05) is 0 Å². The Morgan fingerprint density at radius 3 is 2.57 bits per heavy atom. The van der Waals surface area contributed by atoms with Crippen LogP contribution in [-0.4, -0.2) is 20.9 Å². The average molecular weight is 252 g/mol. The summed E-state index contributed by atoms with van der Waals surface area (Å²) in [5.41, 5.74) is 0. The molecule has 0 aromatic carbocycles. The Balaban J connectivity index is 4.01. The van der Waals surface area contributed by atoms with Gasteiger partial charge in [0.15, 0.2) is 0 Å². The molecule has 2 nitrogen and oxygen atoms in total. The molecule has 0 amide bonds. The molecule has 0 radical (unpaired) electrons. The van der Waals surface area contributed by atoms with Crippen LogP contribution in [-0.2, 0) is 9.53 Å². The van der Waals surface area contributed by atoms with Crippen molar-refractivity contribution in [1.82, 2.24) is 0 Å². The molecule has 0 saturated heterocycles. The number of thiol groups is 1. The van der Waals surface area contributed by atoms with Gasteiger partial charge in [-0.05, 0) is 20.3 Å². The summed E-state index contributed by atoms with van der Waals surface area (Å²) in [6.45, 7) is 6.11. The summed E-state index contributed by atoms with van der Waals surface area (Å²) in [6, 6.07) is 0. The summed E-state index contributed by atoms with van der Waals surface area (Å²) >= 11 is 10.0. The molecule has 0 unspecified atom stereocenters. The van der Waals surface area contributed by atoms with Crippen molar-refractivity contribution in [2.75, 3.05) is 6.61 Å². The molecular weight excluding hydrogens is 236 g/mol. The molecule has 5 heteroatoms. The lowest BCUT2D eigenvalue weighted by atomic mass is 10.2. The standard InChI is InChI=1S/C9H16O2S3/c1-4-5-6-11-7(10)9(2,3)14-8(12)13/h4-6H2,1-3H3,(H,12,13). The number of carbonyl (C=O) groups excluding carboxylic acids is 1. The van der Waals surface area contributed by atoms with E-state index in [1.54, 1.807) is 13.8 Å². The van der Waals surface area contributed by atoms with Crippen molar-refractivity contribution in [3.63, 3.8) is 0 Å². The molecule has 0 aromatic heterocycles. The van der Waals surface area contributed by atoms with Crippen molar-refractivity contribution in [3.8, 4) is 0 Å². The number of ether oxygens (including phenoxy) is 1. The molecule has 0 aromatic rings. The van der Waals surface area contributed by atoms with Crippen LogP contribution in [0.3, 0.4) is 0 Å². The van der Waals surface area contributed by atoms with Crippen molar-refractivity contribution in [2.24, 2.45) is 0 Å². The smallest absolute Gasteiger partial charge is 0.322 e. The van der Waals surface area contributed by atoms with Crippen molar-refractivity contribution in [3.05, 3.63) is 0 Å². The summed E-state index contributed by atoms with van der Waals surface area (Å²) < 4.78 is 4.92. The van der Waals surface area contributed by atoms with E-state index in [-0.39, 0.29) is 5.97 Å². The van der Waals surface area contributed by atoms with Gasteiger partial charge in [-0.1, -0.05) is 37.3 Å². The van der Waals surface area contributed by atoms with Crippen LogP contribution in [0.1, 0.15) is 33.6 Å². The van der Waals surface area contributed by atoms with E-state index in [1.165, 1.54) is 11.8 Å². The highest BCUT2D eigenvalue weighted by Crippen LogP contribution is 2.28. The van der Waals surface area contributed by atoms with Crippen molar-refractivity contribution in [1.29, 1.82) is 0 Å². The summed E-state index contributed by atoms with van der Waals surface area (Å²) in [7, 11) is 0. The number of thiocarbonyl (C=S) groups is 1. The quantitative estimate of drug-likeness (QED) is 0.352. The largest absolute Gasteiger partial charge is 0.465 e. The molecule has 0 aliphatic heterocycles. The molecule has 14 heavy (non-hydrogen) atoms. The second-order valence-electron chi connectivity index (χ2n) is 3.37. The van der Waals surface area contributed by atoms with E-state index in [0.29, 0.717) is 10.1 Å². The number of unbranched alkanes of at least 4 members (excludes halogenated alkanes) is 1. The van der Waals surface area contributed by atoms with Crippen molar-refractivity contribution >= 4 is 46.1 Å². The topological polar surface area (TPSA) is 26.3 Å². The van der Waals surface area contributed by atoms with E-state index in [0.717, 1.165) is 12.8 Å². The Morgan fingerprint density at radius 2 is 2.14 bits per heavy atom. The number of carbonyl (C=O) groups is 1. The molecular formula is C9H16O2S3. The van der Waals surface area contributed by atoms with Gasteiger partial charge in [0.2, 0.25) is 0 Å². The minimum absolute atomic E-state index is 0.229. The lowest BCUT2D eigenvalue weighted by molar-refractivity contribution is -0.145. The average Bonchev–Trinajstić information content (AvgIpc) is 2.02. The van der Waals surface area contributed by atoms with Crippen LogP contribution >= 0.6 is 36.6 Å². The Morgan fingerprint density at radius 1 is 1.57 bits per heavy atom. The molecule has 0 aliphatic rings. The highest BCUT2D eigenvalue weighted by atomic mass is 32.2. The fraction of sp³-hybridized carbons (Fsp3) is 0.778. The second kappa shape index (κ2) is 6.69. The Hall–Kier alpha value is 0.260. The van der Waals surface area contributed by atoms with Crippen LogP contribution in [0.15, 0.2) is 0 Å². The fourth-order valence-electron chi connectivity index (χ4n) is 0.743. The third-order valence-corrected chi connectivity index (χ3v) is 2.94. The normalized spacial score (nSPS) is 11.1. The van der Waals surface area contributed by atoms with Crippen LogP contribution in [0.25, 0.3) is 0 Å². The Kier molecular flexibility index (Phi) is 6.81. The summed E-state index contributed by atoms with van der Waals surface area (Å²) in [6.07, 6.45) is 1.92. The van der Waals surface area contributed by atoms with Gasteiger partial charge in [-0.15, -0.1) is 12.6 Å². The third kappa shape index (κ3) is 5.88. The second-order valence-corrected chi connectivity index (χ2v) is 6.72. The monoisotopic (exact) mass is 252 g/mol. The molecule has 0 spiro atoms. The van der Waals surface area contributed by atoms with E-state index >= 15 is 0 Å². The summed E-state index contributed by atoms with van der Waals surface area (Å²) in [5, 5.41) is 0. The molecule has 0 bridgehead atoms. The van der Waals surface area contributed by atoms with Crippen LogP contribution in [0.5, 0.6) is 0 Å². The molecule has 0 heterocycles. The maximum absolute atomic E-state index is 11.5. The molecule has 0 fully saturated rings. The van der Waals surface area contributed by atoms with Crippen LogP contribution in [0.2, 0.25) is 0 Å². The number of esters is 1. The lowest BCUT2D eigenvalue weighted by Crippen LogP contribution is -2.31. The van der Waals surface area contributed by atoms with E-state index < -0.39 is 4.75 Å². The predicted octanol–water partition coefficient (Wildman–Crippen LogP) is 3.06. The molecule has 0 rings (SSSR count). The highest BCUT2D eigenvalue weighted by molar-refractivity contribution is 8.42. The van der Waals surface area contributed by atoms with Gasteiger partial charge in [0.05, 0.1) is 6.61 Å². The van der Waals surface area contributed by atoms with Crippen LogP contribution in [0, 0.1) is 0 Å². The molecule has 0 N–H and O–H groups in total. The number of hydrogen-bond acceptors (Lipinski definition) is 4. The minimum Gasteiger partial charge on any atom is -0.465 e. The summed E-state index contributed by atoms with van der Waals surface area (Å²) in [4.78, 5) is 11.5. The Labute approximate surface area is 101 Å². The Bertz CT molecular complexity index is 214. The van der Waals surface area contributed by atoms with Gasteiger partial charge in [-0.25, -0.2) is 0 Å². The first-order valence-electron chi connectivity index (χ1n) is 4.49. The van der Waals surface area contributed by atoms with E-state index in [1.807, 2.05) is 0 Å². The van der Waals surface area contributed by atoms with Crippen LogP contribution < -0.4 is 0 Å². The van der Waals surface area contributed by atoms with E-state index in [4.69, 9.17) is 17.0 Å². The van der Waals surface area contributed by atoms with E-state index in [9.17, 15) is 4.79 Å². The zero-order valence-electron chi connectivity index (χ0n) is 8.70.